The maximum atomic E-state index is 12.8. The third-order valence-electron chi connectivity index (χ3n) is 5.99. The molecular formula is C24H29ClN4O3. The van der Waals surface area contributed by atoms with Crippen molar-refractivity contribution >= 4 is 41.3 Å². The third-order valence-corrected chi connectivity index (χ3v) is 5.99. The smallest absolute Gasteiger partial charge is 0.411 e. The second-order valence-corrected chi connectivity index (χ2v) is 8.08. The normalized spacial score (nSPS) is 16.1. The van der Waals surface area contributed by atoms with Crippen LogP contribution in [-0.4, -0.2) is 36.6 Å². The minimum absolute atomic E-state index is 0. The highest BCUT2D eigenvalue weighted by atomic mass is 35.5. The Hall–Kier alpha value is -3.06. The number of pyridine rings is 1. The van der Waals surface area contributed by atoms with Gasteiger partial charge in [-0.05, 0) is 67.9 Å². The number of rotatable bonds is 6. The standard InChI is InChI=1S/C24H28N4O3.ClH/c25-21-7-3-6-20(23(29)18-4-1-2-5-18)22(21)27-24(30)31-16-17-10-14-28(15-11-17)19-8-12-26-13-9-19;/h3-4,6-9,12-13,17H,1-2,5,10-11,14-16,25H2,(H,27,30);1H. The molecule has 8 heteroatoms. The van der Waals surface area contributed by atoms with Crippen LogP contribution in [0.3, 0.4) is 0 Å². The van der Waals surface area contributed by atoms with Crippen LogP contribution in [0, 0.1) is 5.92 Å². The number of hydrogen-bond donors (Lipinski definition) is 2. The van der Waals surface area contributed by atoms with E-state index in [2.05, 4.69) is 15.2 Å². The number of carbonyl (C=O) groups excluding carboxylic acids is 2. The van der Waals surface area contributed by atoms with Crippen molar-refractivity contribution in [3.05, 3.63) is 59.9 Å². The number of Topliss-reactive ketones (excluding diaryl/α,β-unsaturated/α-hetero) is 1. The number of amides is 1. The molecule has 1 amide bonds. The van der Waals surface area contributed by atoms with Crippen molar-refractivity contribution in [1.29, 1.82) is 0 Å². The van der Waals surface area contributed by atoms with Crippen molar-refractivity contribution in [1.82, 2.24) is 4.98 Å². The van der Waals surface area contributed by atoms with Gasteiger partial charge >= 0.3 is 6.09 Å². The molecule has 170 valence electrons. The van der Waals surface area contributed by atoms with E-state index in [1.165, 1.54) is 5.69 Å². The summed E-state index contributed by atoms with van der Waals surface area (Å²) in [6, 6.07) is 9.11. The van der Waals surface area contributed by atoms with Crippen molar-refractivity contribution in [3.8, 4) is 0 Å². The number of nitrogens with two attached hydrogens (primary N) is 1. The molecule has 2 aromatic rings. The van der Waals surface area contributed by atoms with E-state index in [9.17, 15) is 9.59 Å². The van der Waals surface area contributed by atoms with Gasteiger partial charge < -0.3 is 15.4 Å². The highest BCUT2D eigenvalue weighted by Crippen LogP contribution is 2.30. The summed E-state index contributed by atoms with van der Waals surface area (Å²) in [5.41, 5.74) is 9.11. The fraction of sp³-hybridized carbons (Fsp3) is 0.375. The van der Waals surface area contributed by atoms with E-state index in [4.69, 9.17) is 10.5 Å². The Bertz CT molecular complexity index is 972. The molecule has 0 saturated carbocycles. The van der Waals surface area contributed by atoms with Crippen molar-refractivity contribution < 1.29 is 14.3 Å². The zero-order valence-electron chi connectivity index (χ0n) is 18.0. The number of halogens is 1. The molecule has 0 unspecified atom stereocenters. The molecule has 1 aliphatic heterocycles. The Morgan fingerprint density at radius 2 is 1.91 bits per heavy atom. The number of ketones is 1. The highest BCUT2D eigenvalue weighted by Gasteiger charge is 2.23. The van der Waals surface area contributed by atoms with Crippen LogP contribution in [0.2, 0.25) is 0 Å². The minimum Gasteiger partial charge on any atom is -0.449 e. The Morgan fingerprint density at radius 3 is 2.59 bits per heavy atom. The zero-order valence-corrected chi connectivity index (χ0v) is 18.8. The molecule has 4 rings (SSSR count). The van der Waals surface area contributed by atoms with Crippen LogP contribution in [-0.2, 0) is 4.74 Å². The van der Waals surface area contributed by atoms with E-state index in [1.54, 1.807) is 30.6 Å². The largest absolute Gasteiger partial charge is 0.449 e. The molecule has 1 aromatic carbocycles. The number of carbonyl (C=O) groups is 2. The number of anilines is 3. The fourth-order valence-electron chi connectivity index (χ4n) is 4.19. The van der Waals surface area contributed by atoms with Gasteiger partial charge in [0.2, 0.25) is 0 Å². The lowest BCUT2D eigenvalue weighted by molar-refractivity contribution is 0.103. The lowest BCUT2D eigenvalue weighted by atomic mass is 9.97. The molecule has 0 bridgehead atoms. The van der Waals surface area contributed by atoms with E-state index in [1.807, 2.05) is 18.2 Å². The number of ether oxygens (including phenoxy) is 1. The van der Waals surface area contributed by atoms with Gasteiger partial charge in [-0.3, -0.25) is 15.1 Å². The number of hydrogen-bond acceptors (Lipinski definition) is 6. The lowest BCUT2D eigenvalue weighted by Gasteiger charge is -2.33. The van der Waals surface area contributed by atoms with Gasteiger partial charge in [0, 0.05) is 36.7 Å². The summed E-state index contributed by atoms with van der Waals surface area (Å²) in [5, 5.41) is 2.71. The monoisotopic (exact) mass is 456 g/mol. The molecule has 3 N–H and O–H groups in total. The maximum Gasteiger partial charge on any atom is 0.411 e. The molecule has 2 aliphatic rings. The van der Waals surface area contributed by atoms with Gasteiger partial charge in [0.05, 0.1) is 18.0 Å². The summed E-state index contributed by atoms with van der Waals surface area (Å²) < 4.78 is 5.48. The number of aromatic nitrogens is 1. The van der Waals surface area contributed by atoms with Crippen molar-refractivity contribution in [3.63, 3.8) is 0 Å². The maximum absolute atomic E-state index is 12.8. The van der Waals surface area contributed by atoms with Gasteiger partial charge in [0.25, 0.3) is 0 Å². The zero-order chi connectivity index (χ0) is 21.6. The molecule has 0 radical (unpaired) electrons. The summed E-state index contributed by atoms with van der Waals surface area (Å²) in [5.74, 6) is 0.227. The first-order valence-electron chi connectivity index (χ1n) is 10.8. The average Bonchev–Trinajstić information content (AvgIpc) is 3.35. The van der Waals surface area contributed by atoms with Gasteiger partial charge in [-0.15, -0.1) is 12.4 Å². The Balaban J connectivity index is 0.00000289. The summed E-state index contributed by atoms with van der Waals surface area (Å²) >= 11 is 0. The highest BCUT2D eigenvalue weighted by molar-refractivity contribution is 6.15. The quantitative estimate of drug-likeness (QED) is 0.476. The summed E-state index contributed by atoms with van der Waals surface area (Å²) in [4.78, 5) is 31.7. The number of nitrogens with one attached hydrogen (secondary N) is 1. The van der Waals surface area contributed by atoms with Gasteiger partial charge in [-0.25, -0.2) is 4.79 Å². The van der Waals surface area contributed by atoms with E-state index in [0.29, 0.717) is 29.5 Å². The molecule has 1 aliphatic carbocycles. The minimum atomic E-state index is -0.580. The molecule has 2 heterocycles. The number of nitrogens with zero attached hydrogens (tertiary/aromatic N) is 2. The SMILES string of the molecule is Cl.Nc1cccc(C(=O)C2=CCCC2)c1NC(=O)OCC1CCN(c2ccncc2)CC1. The van der Waals surface area contributed by atoms with Gasteiger partial charge in [-0.2, -0.15) is 0 Å². The van der Waals surface area contributed by atoms with Gasteiger partial charge in [-0.1, -0.05) is 12.1 Å². The summed E-state index contributed by atoms with van der Waals surface area (Å²) in [6.45, 7) is 2.18. The lowest BCUT2D eigenvalue weighted by Crippen LogP contribution is -2.35. The number of allylic oxidation sites excluding steroid dienone is 2. The van der Waals surface area contributed by atoms with E-state index >= 15 is 0 Å². The van der Waals surface area contributed by atoms with Gasteiger partial charge in [0.15, 0.2) is 5.78 Å². The van der Waals surface area contributed by atoms with Crippen LogP contribution in [0.1, 0.15) is 42.5 Å². The van der Waals surface area contributed by atoms with Crippen LogP contribution in [0.25, 0.3) is 0 Å². The molecule has 1 saturated heterocycles. The van der Waals surface area contributed by atoms with Crippen LogP contribution in [0.15, 0.2) is 54.4 Å². The first kappa shape index (κ1) is 23.6. The number of nitrogen functional groups attached to an aromatic ring is 1. The topological polar surface area (TPSA) is 97.5 Å². The number of para-hydroxylation sites is 1. The van der Waals surface area contributed by atoms with E-state index < -0.39 is 6.09 Å². The average molecular weight is 457 g/mol. The second kappa shape index (κ2) is 11.0. The van der Waals surface area contributed by atoms with Crippen LogP contribution in [0.5, 0.6) is 0 Å². The Kier molecular flexibility index (Phi) is 8.11. The molecule has 32 heavy (non-hydrogen) atoms. The molecule has 7 nitrogen and oxygen atoms in total. The summed E-state index contributed by atoms with van der Waals surface area (Å²) in [6.07, 6.45) is 9.52. The van der Waals surface area contributed by atoms with Gasteiger partial charge in [0.1, 0.15) is 0 Å². The van der Waals surface area contributed by atoms with Crippen LogP contribution >= 0.6 is 12.4 Å². The Labute approximate surface area is 194 Å². The predicted octanol–water partition coefficient (Wildman–Crippen LogP) is 4.84. The molecule has 0 spiro atoms. The molecule has 1 aromatic heterocycles. The van der Waals surface area contributed by atoms with Crippen LogP contribution < -0.4 is 16.0 Å². The number of benzene rings is 1. The van der Waals surface area contributed by atoms with Crippen molar-refractivity contribution in [2.24, 2.45) is 5.92 Å². The van der Waals surface area contributed by atoms with Crippen molar-refractivity contribution in [2.45, 2.75) is 32.1 Å². The van der Waals surface area contributed by atoms with Crippen molar-refractivity contribution in [2.75, 3.05) is 35.6 Å². The third kappa shape index (κ3) is 5.59. The van der Waals surface area contributed by atoms with Crippen LogP contribution in [0.4, 0.5) is 21.9 Å². The first-order valence-corrected chi connectivity index (χ1v) is 10.8. The second-order valence-electron chi connectivity index (χ2n) is 8.08. The fourth-order valence-corrected chi connectivity index (χ4v) is 4.19. The molecule has 1 fully saturated rings. The van der Waals surface area contributed by atoms with E-state index in [0.717, 1.165) is 50.8 Å². The van der Waals surface area contributed by atoms with E-state index in [-0.39, 0.29) is 18.2 Å². The Morgan fingerprint density at radius 1 is 1.16 bits per heavy atom. The first-order chi connectivity index (χ1) is 15.1. The molecule has 0 atom stereocenters. The number of piperidine rings is 1. The molecular weight excluding hydrogens is 428 g/mol. The summed E-state index contributed by atoms with van der Waals surface area (Å²) in [7, 11) is 0. The predicted molar refractivity (Wildman–Crippen MR) is 129 cm³/mol.